The molecule has 1 heterocycles. The summed E-state index contributed by atoms with van der Waals surface area (Å²) in [6, 6.07) is 1.34. The molecule has 2 N–H and O–H groups in total. The topological polar surface area (TPSA) is 75.4 Å². The van der Waals surface area contributed by atoms with Gasteiger partial charge in [0.1, 0.15) is 0 Å². The molecule has 1 aromatic heterocycles. The molecule has 1 rings (SSSR count). The van der Waals surface area contributed by atoms with E-state index >= 15 is 0 Å². The predicted molar refractivity (Wildman–Crippen MR) is 25.8 cm³/mol. The molecule has 0 saturated heterocycles. The zero-order valence-corrected chi connectivity index (χ0v) is 4.37. The first-order valence-corrected chi connectivity index (χ1v) is 2.19. The summed E-state index contributed by atoms with van der Waals surface area (Å²) < 4.78 is 4.36. The fourth-order valence-electron chi connectivity index (χ4n) is 0.388. The summed E-state index contributed by atoms with van der Waals surface area (Å²) in [6.07, 6.45) is 1.31. The Morgan fingerprint density at radius 1 is 1.89 bits per heavy atom. The quantitative estimate of drug-likeness (QED) is 0.405. The highest BCUT2D eigenvalue weighted by Crippen LogP contribution is 1.93. The smallest absolute Gasteiger partial charge is 0.313 e. The van der Waals surface area contributed by atoms with Crippen molar-refractivity contribution in [3.63, 3.8) is 0 Å². The van der Waals surface area contributed by atoms with Gasteiger partial charge in [-0.2, -0.15) is 0 Å². The number of nitrogens with zero attached hydrogens (tertiary/aromatic N) is 1. The molecule has 1 amide bonds. The van der Waals surface area contributed by atoms with Crippen LogP contribution >= 0.6 is 0 Å². The summed E-state index contributed by atoms with van der Waals surface area (Å²) >= 11 is 0. The van der Waals surface area contributed by atoms with Crippen LogP contribution in [0.15, 0.2) is 16.8 Å². The SMILES string of the molecule is O=C(NO)c1ccno1. The van der Waals surface area contributed by atoms with E-state index in [1.807, 2.05) is 0 Å². The van der Waals surface area contributed by atoms with Crippen LogP contribution in [0.5, 0.6) is 0 Å². The highest BCUT2D eigenvalue weighted by atomic mass is 16.5. The number of hydrogen-bond donors (Lipinski definition) is 2. The van der Waals surface area contributed by atoms with Crippen LogP contribution in [0.1, 0.15) is 10.6 Å². The largest absolute Gasteiger partial charge is 0.351 e. The van der Waals surface area contributed by atoms with Gasteiger partial charge >= 0.3 is 5.91 Å². The Balaban J connectivity index is 2.77. The summed E-state index contributed by atoms with van der Waals surface area (Å²) in [5.74, 6) is -0.718. The Hall–Kier alpha value is -1.36. The van der Waals surface area contributed by atoms with Gasteiger partial charge < -0.3 is 4.52 Å². The second kappa shape index (κ2) is 2.27. The van der Waals surface area contributed by atoms with Gasteiger partial charge in [-0.25, -0.2) is 5.48 Å². The minimum absolute atomic E-state index is 0.0162. The molecule has 48 valence electrons. The number of nitrogens with one attached hydrogen (secondary N) is 1. The van der Waals surface area contributed by atoms with Crippen molar-refractivity contribution in [2.75, 3.05) is 0 Å². The lowest BCUT2D eigenvalue weighted by atomic mass is 10.4. The van der Waals surface area contributed by atoms with Gasteiger partial charge in [-0.05, 0) is 0 Å². The second-order valence-electron chi connectivity index (χ2n) is 1.32. The minimum atomic E-state index is -0.701. The molecule has 0 atom stereocenters. The molecular weight excluding hydrogens is 124 g/mol. The molecule has 5 heteroatoms. The Morgan fingerprint density at radius 2 is 2.67 bits per heavy atom. The van der Waals surface area contributed by atoms with Gasteiger partial charge in [0.25, 0.3) is 0 Å². The van der Waals surface area contributed by atoms with Crippen LogP contribution in [0.3, 0.4) is 0 Å². The number of amides is 1. The van der Waals surface area contributed by atoms with Gasteiger partial charge in [0, 0.05) is 6.07 Å². The number of rotatable bonds is 1. The summed E-state index contributed by atoms with van der Waals surface area (Å²) in [6.45, 7) is 0. The van der Waals surface area contributed by atoms with Crippen LogP contribution in [0.25, 0.3) is 0 Å². The molecule has 0 aliphatic rings. The van der Waals surface area contributed by atoms with E-state index in [2.05, 4.69) is 9.68 Å². The number of hydrogen-bond acceptors (Lipinski definition) is 4. The normalized spacial score (nSPS) is 9.00. The van der Waals surface area contributed by atoms with Gasteiger partial charge in [0.2, 0.25) is 5.76 Å². The van der Waals surface area contributed by atoms with Crippen LogP contribution in [-0.4, -0.2) is 16.3 Å². The van der Waals surface area contributed by atoms with Crippen molar-refractivity contribution in [1.82, 2.24) is 10.6 Å². The van der Waals surface area contributed by atoms with E-state index in [0.29, 0.717) is 0 Å². The molecule has 9 heavy (non-hydrogen) atoms. The molecular formula is C4H4N2O3. The van der Waals surface area contributed by atoms with E-state index in [4.69, 9.17) is 5.21 Å². The highest BCUT2D eigenvalue weighted by Gasteiger charge is 2.05. The molecule has 5 nitrogen and oxygen atoms in total. The summed E-state index contributed by atoms with van der Waals surface area (Å²) in [5.41, 5.74) is 1.39. The van der Waals surface area contributed by atoms with E-state index in [9.17, 15) is 4.79 Å². The first kappa shape index (κ1) is 5.77. The van der Waals surface area contributed by atoms with E-state index in [1.54, 1.807) is 0 Å². The summed E-state index contributed by atoms with van der Waals surface area (Å²) in [7, 11) is 0. The Kier molecular flexibility index (Phi) is 1.46. The Bertz CT molecular complexity index is 194. The van der Waals surface area contributed by atoms with Crippen LogP contribution < -0.4 is 5.48 Å². The monoisotopic (exact) mass is 128 g/mol. The second-order valence-corrected chi connectivity index (χ2v) is 1.32. The lowest BCUT2D eigenvalue weighted by molar-refractivity contribution is 0.0667. The lowest BCUT2D eigenvalue weighted by Crippen LogP contribution is -2.17. The molecule has 0 bridgehead atoms. The maximum atomic E-state index is 10.4. The minimum Gasteiger partial charge on any atom is -0.351 e. The molecule has 0 aliphatic carbocycles. The first-order chi connectivity index (χ1) is 4.34. The van der Waals surface area contributed by atoms with E-state index in [-0.39, 0.29) is 5.76 Å². The van der Waals surface area contributed by atoms with Crippen molar-refractivity contribution in [3.05, 3.63) is 18.0 Å². The zero-order valence-electron chi connectivity index (χ0n) is 4.37. The van der Waals surface area contributed by atoms with Gasteiger partial charge in [-0.15, -0.1) is 0 Å². The Morgan fingerprint density at radius 3 is 3.11 bits per heavy atom. The van der Waals surface area contributed by atoms with Crippen molar-refractivity contribution in [2.24, 2.45) is 0 Å². The van der Waals surface area contributed by atoms with Gasteiger partial charge in [-0.3, -0.25) is 10.0 Å². The van der Waals surface area contributed by atoms with Crippen LogP contribution in [0.2, 0.25) is 0 Å². The molecule has 0 radical (unpaired) electrons. The predicted octanol–water partition coefficient (Wildman–Crippen LogP) is -0.206. The number of carbonyl (C=O) groups excluding carboxylic acids is 1. The maximum Gasteiger partial charge on any atom is 0.313 e. The standard InChI is InChI=1S/C4H4N2O3/c7-4(6-8)3-1-2-5-9-3/h1-2,8H,(H,6,7). The molecule has 0 aromatic carbocycles. The molecule has 0 aliphatic heterocycles. The zero-order chi connectivity index (χ0) is 6.69. The first-order valence-electron chi connectivity index (χ1n) is 2.19. The average molecular weight is 128 g/mol. The van der Waals surface area contributed by atoms with Crippen molar-refractivity contribution < 1.29 is 14.5 Å². The van der Waals surface area contributed by atoms with Gasteiger partial charge in [-0.1, -0.05) is 5.16 Å². The molecule has 0 saturated carbocycles. The van der Waals surface area contributed by atoms with Gasteiger partial charge in [0.05, 0.1) is 6.20 Å². The van der Waals surface area contributed by atoms with Crippen LogP contribution in [0.4, 0.5) is 0 Å². The third-order valence-corrected chi connectivity index (χ3v) is 0.763. The van der Waals surface area contributed by atoms with Crippen molar-refractivity contribution in [1.29, 1.82) is 0 Å². The molecule has 0 fully saturated rings. The summed E-state index contributed by atoms with van der Waals surface area (Å²) in [4.78, 5) is 10.4. The van der Waals surface area contributed by atoms with Crippen molar-refractivity contribution >= 4 is 5.91 Å². The molecule has 0 unspecified atom stereocenters. The average Bonchev–Trinajstić information content (AvgIpc) is 2.37. The van der Waals surface area contributed by atoms with Gasteiger partial charge in [0.15, 0.2) is 0 Å². The third kappa shape index (κ3) is 1.06. The fourth-order valence-corrected chi connectivity index (χ4v) is 0.388. The number of aromatic nitrogens is 1. The lowest BCUT2D eigenvalue weighted by Gasteiger charge is -1.87. The van der Waals surface area contributed by atoms with E-state index in [1.165, 1.54) is 17.7 Å². The van der Waals surface area contributed by atoms with Crippen molar-refractivity contribution in [3.8, 4) is 0 Å². The molecule has 0 spiro atoms. The third-order valence-electron chi connectivity index (χ3n) is 0.763. The Labute approximate surface area is 50.2 Å². The number of carbonyl (C=O) groups is 1. The van der Waals surface area contributed by atoms with Crippen LogP contribution in [-0.2, 0) is 0 Å². The summed E-state index contributed by atoms with van der Waals surface area (Å²) in [5, 5.41) is 11.3. The number of hydroxylamine groups is 1. The highest BCUT2D eigenvalue weighted by molar-refractivity contribution is 5.90. The fraction of sp³-hybridized carbons (Fsp3) is 0. The van der Waals surface area contributed by atoms with E-state index < -0.39 is 5.91 Å². The molecule has 1 aromatic rings. The maximum absolute atomic E-state index is 10.4. The van der Waals surface area contributed by atoms with E-state index in [0.717, 1.165) is 0 Å². The van der Waals surface area contributed by atoms with Crippen molar-refractivity contribution in [2.45, 2.75) is 0 Å². The van der Waals surface area contributed by atoms with Crippen LogP contribution in [0, 0.1) is 0 Å².